The van der Waals surface area contributed by atoms with Crippen molar-refractivity contribution in [3.05, 3.63) is 64.7 Å². The van der Waals surface area contributed by atoms with Crippen LogP contribution in [0.2, 0.25) is 5.02 Å². The molecule has 2 aromatic carbocycles. The molecule has 1 aliphatic rings. The Bertz CT molecular complexity index is 969. The number of nitrogens with zero attached hydrogens (tertiary/aromatic N) is 1. The van der Waals surface area contributed by atoms with Gasteiger partial charge in [0.1, 0.15) is 6.04 Å². The number of primary amides is 1. The quantitative estimate of drug-likeness (QED) is 0.612. The van der Waals surface area contributed by atoms with Crippen LogP contribution in [0.5, 0.6) is 0 Å². The van der Waals surface area contributed by atoms with Crippen LogP contribution in [-0.4, -0.2) is 41.9 Å². The number of benzene rings is 2. The number of amides is 4. The summed E-state index contributed by atoms with van der Waals surface area (Å²) < 4.78 is 0. The molecule has 0 unspecified atom stereocenters. The van der Waals surface area contributed by atoms with Crippen molar-refractivity contribution >= 4 is 35.1 Å². The predicted molar refractivity (Wildman–Crippen MR) is 126 cm³/mol. The van der Waals surface area contributed by atoms with Gasteiger partial charge < -0.3 is 21.3 Å². The number of anilines is 1. The summed E-state index contributed by atoms with van der Waals surface area (Å²) in [7, 11) is 0. The molecule has 32 heavy (non-hydrogen) atoms. The van der Waals surface area contributed by atoms with Crippen molar-refractivity contribution in [3.8, 4) is 0 Å². The molecule has 170 valence electrons. The van der Waals surface area contributed by atoms with Gasteiger partial charge in [0, 0.05) is 29.4 Å². The fourth-order valence-corrected chi connectivity index (χ4v) is 4.11. The lowest BCUT2D eigenvalue weighted by Gasteiger charge is -2.35. The van der Waals surface area contributed by atoms with Gasteiger partial charge in [-0.1, -0.05) is 43.6 Å². The molecule has 1 saturated heterocycles. The first-order valence-corrected chi connectivity index (χ1v) is 11.1. The summed E-state index contributed by atoms with van der Waals surface area (Å²) in [4.78, 5) is 38.9. The second-order valence-electron chi connectivity index (χ2n) is 8.42. The molecule has 1 atom stereocenters. The van der Waals surface area contributed by atoms with Gasteiger partial charge in [0.2, 0.25) is 5.91 Å². The third-order valence-corrected chi connectivity index (χ3v) is 6.01. The molecule has 1 aliphatic heterocycles. The number of likely N-dealkylation sites (tertiary alicyclic amines) is 1. The third kappa shape index (κ3) is 6.01. The smallest absolute Gasteiger partial charge is 0.316 e. The summed E-state index contributed by atoms with van der Waals surface area (Å²) in [6.07, 6.45) is 1.74. The maximum absolute atomic E-state index is 13.2. The van der Waals surface area contributed by atoms with E-state index < -0.39 is 12.1 Å². The van der Waals surface area contributed by atoms with E-state index in [-0.39, 0.29) is 17.7 Å². The molecule has 4 N–H and O–H groups in total. The SMILES string of the molecule is CC(C)[C@@H](NC(=O)c1cccc(NC(N)=O)c1)C(=O)N1CCC(c2ccc(Cl)cc2)CC1. The summed E-state index contributed by atoms with van der Waals surface area (Å²) in [6.45, 7) is 5.11. The van der Waals surface area contributed by atoms with Gasteiger partial charge >= 0.3 is 6.03 Å². The Balaban J connectivity index is 1.63. The Labute approximate surface area is 193 Å². The maximum Gasteiger partial charge on any atom is 0.316 e. The molecule has 0 bridgehead atoms. The fraction of sp³-hybridized carbons (Fsp3) is 0.375. The number of halogens is 1. The third-order valence-electron chi connectivity index (χ3n) is 5.76. The Morgan fingerprint density at radius 2 is 1.72 bits per heavy atom. The maximum atomic E-state index is 13.2. The molecule has 4 amide bonds. The predicted octanol–water partition coefficient (Wildman–Crippen LogP) is 3.99. The van der Waals surface area contributed by atoms with Gasteiger partial charge in [0.05, 0.1) is 0 Å². The van der Waals surface area contributed by atoms with Gasteiger partial charge in [-0.05, 0) is 60.6 Å². The Hall–Kier alpha value is -3.06. The normalized spacial score (nSPS) is 15.3. The van der Waals surface area contributed by atoms with Gasteiger partial charge in [-0.15, -0.1) is 0 Å². The van der Waals surface area contributed by atoms with E-state index in [0.29, 0.717) is 35.3 Å². The van der Waals surface area contributed by atoms with Gasteiger partial charge in [0.15, 0.2) is 0 Å². The van der Waals surface area contributed by atoms with E-state index in [9.17, 15) is 14.4 Å². The first kappa shape index (κ1) is 23.6. The lowest BCUT2D eigenvalue weighted by atomic mass is 9.89. The van der Waals surface area contributed by atoms with Gasteiger partial charge in [-0.25, -0.2) is 4.79 Å². The van der Waals surface area contributed by atoms with Crippen LogP contribution in [0, 0.1) is 5.92 Å². The summed E-state index contributed by atoms with van der Waals surface area (Å²) in [5.41, 5.74) is 7.14. The van der Waals surface area contributed by atoms with Crippen molar-refractivity contribution in [3.63, 3.8) is 0 Å². The van der Waals surface area contributed by atoms with Crippen molar-refractivity contribution in [2.45, 2.75) is 38.6 Å². The standard InChI is InChI=1S/C24H29ClN4O3/c1-15(2)21(28-22(30)18-4-3-5-20(14-18)27-24(26)32)23(31)29-12-10-17(11-13-29)16-6-8-19(25)9-7-16/h3-9,14-15,17,21H,10-13H2,1-2H3,(H,28,30)(H3,26,27,32)/t21-/m1/s1. The highest BCUT2D eigenvalue weighted by atomic mass is 35.5. The largest absolute Gasteiger partial charge is 0.351 e. The van der Waals surface area contributed by atoms with Crippen LogP contribution in [0.4, 0.5) is 10.5 Å². The number of nitrogens with two attached hydrogens (primary N) is 1. The molecule has 3 rings (SSSR count). The van der Waals surface area contributed by atoms with Crippen molar-refractivity contribution in [2.24, 2.45) is 11.7 Å². The molecule has 0 spiro atoms. The molecular formula is C24H29ClN4O3. The van der Waals surface area contributed by atoms with Gasteiger partial charge in [0.25, 0.3) is 5.91 Å². The minimum Gasteiger partial charge on any atom is -0.351 e. The van der Waals surface area contributed by atoms with Crippen LogP contribution >= 0.6 is 11.6 Å². The number of rotatable bonds is 6. The summed E-state index contributed by atoms with van der Waals surface area (Å²) in [5.74, 6) is -0.133. The lowest BCUT2D eigenvalue weighted by Crippen LogP contribution is -2.52. The van der Waals surface area contributed by atoms with Crippen LogP contribution in [0.3, 0.4) is 0 Å². The molecule has 0 aromatic heterocycles. The van der Waals surface area contributed by atoms with E-state index >= 15 is 0 Å². The number of hydrogen-bond donors (Lipinski definition) is 3. The average molecular weight is 457 g/mol. The Kier molecular flexibility index (Phi) is 7.75. The lowest BCUT2D eigenvalue weighted by molar-refractivity contribution is -0.135. The zero-order chi connectivity index (χ0) is 23.3. The zero-order valence-corrected chi connectivity index (χ0v) is 19.1. The van der Waals surface area contributed by atoms with E-state index in [1.165, 1.54) is 11.6 Å². The van der Waals surface area contributed by atoms with Gasteiger partial charge in [-0.3, -0.25) is 9.59 Å². The minimum atomic E-state index is -0.709. The second kappa shape index (κ2) is 10.5. The number of hydrogen-bond acceptors (Lipinski definition) is 3. The number of nitrogens with one attached hydrogen (secondary N) is 2. The van der Waals surface area contributed by atoms with Crippen LogP contribution in [-0.2, 0) is 4.79 Å². The summed E-state index contributed by atoms with van der Waals surface area (Å²) >= 11 is 5.98. The van der Waals surface area contributed by atoms with Crippen molar-refractivity contribution in [1.82, 2.24) is 10.2 Å². The van der Waals surface area contributed by atoms with Crippen LogP contribution in [0.15, 0.2) is 48.5 Å². The molecule has 0 radical (unpaired) electrons. The Morgan fingerprint density at radius 1 is 1.06 bits per heavy atom. The van der Waals surface area contributed by atoms with E-state index in [1.54, 1.807) is 18.2 Å². The molecule has 7 nitrogen and oxygen atoms in total. The first-order valence-electron chi connectivity index (χ1n) is 10.8. The Morgan fingerprint density at radius 3 is 2.31 bits per heavy atom. The molecule has 1 fully saturated rings. The molecule has 0 aliphatic carbocycles. The first-order chi connectivity index (χ1) is 15.2. The number of urea groups is 1. The van der Waals surface area contributed by atoms with Crippen LogP contribution < -0.4 is 16.4 Å². The topological polar surface area (TPSA) is 105 Å². The van der Waals surface area contributed by atoms with E-state index in [4.69, 9.17) is 17.3 Å². The van der Waals surface area contributed by atoms with Crippen molar-refractivity contribution in [2.75, 3.05) is 18.4 Å². The number of carbonyl (C=O) groups is 3. The highest BCUT2D eigenvalue weighted by molar-refractivity contribution is 6.30. The summed E-state index contributed by atoms with van der Waals surface area (Å²) in [5, 5.41) is 6.03. The summed E-state index contributed by atoms with van der Waals surface area (Å²) in [6, 6.07) is 13.0. The van der Waals surface area contributed by atoms with E-state index in [0.717, 1.165) is 12.8 Å². The molecule has 1 heterocycles. The van der Waals surface area contributed by atoms with E-state index in [2.05, 4.69) is 10.6 Å². The molecular weight excluding hydrogens is 428 g/mol. The fourth-order valence-electron chi connectivity index (χ4n) is 3.98. The second-order valence-corrected chi connectivity index (χ2v) is 8.85. The highest BCUT2D eigenvalue weighted by Gasteiger charge is 2.31. The number of carbonyl (C=O) groups excluding carboxylic acids is 3. The zero-order valence-electron chi connectivity index (χ0n) is 18.3. The van der Waals surface area contributed by atoms with Gasteiger partial charge in [-0.2, -0.15) is 0 Å². The molecule has 8 heteroatoms. The highest BCUT2D eigenvalue weighted by Crippen LogP contribution is 2.29. The molecule has 2 aromatic rings. The minimum absolute atomic E-state index is 0.0747. The van der Waals surface area contributed by atoms with Crippen molar-refractivity contribution < 1.29 is 14.4 Å². The average Bonchev–Trinajstić information content (AvgIpc) is 2.77. The van der Waals surface area contributed by atoms with Crippen LogP contribution in [0.1, 0.15) is 48.5 Å². The molecule has 0 saturated carbocycles. The number of piperidine rings is 1. The van der Waals surface area contributed by atoms with E-state index in [1.807, 2.05) is 43.0 Å². The monoisotopic (exact) mass is 456 g/mol. The van der Waals surface area contributed by atoms with Crippen molar-refractivity contribution in [1.29, 1.82) is 0 Å². The van der Waals surface area contributed by atoms with Crippen LogP contribution in [0.25, 0.3) is 0 Å².